The fourth-order valence-corrected chi connectivity index (χ4v) is 4.55. The van der Waals surface area contributed by atoms with Crippen molar-refractivity contribution in [2.24, 2.45) is 11.8 Å². The lowest BCUT2D eigenvalue weighted by Crippen LogP contribution is -2.41. The predicted molar refractivity (Wildman–Crippen MR) is 96.0 cm³/mol. The number of carboxylic acid groups (broad SMARTS) is 1. The molecule has 5 rings (SSSR count). The molecule has 0 spiro atoms. The maximum Gasteiger partial charge on any atom is 0.310 e. The summed E-state index contributed by atoms with van der Waals surface area (Å²) in [7, 11) is 0. The highest BCUT2D eigenvalue weighted by molar-refractivity contribution is 6.04. The van der Waals surface area contributed by atoms with Crippen molar-refractivity contribution in [1.82, 2.24) is 10.3 Å². The first-order valence-electron chi connectivity index (χ1n) is 9.40. The summed E-state index contributed by atoms with van der Waals surface area (Å²) in [5.41, 5.74) is 2.31. The minimum Gasteiger partial charge on any atom is -0.481 e. The van der Waals surface area contributed by atoms with Crippen LogP contribution in [0.25, 0.3) is 11.0 Å². The second kappa shape index (κ2) is 6.71. The number of fused-ring (bicyclic) bond motifs is 3. The Hall–Kier alpha value is -2.72. The average molecular weight is 388 g/mol. The molecule has 0 aliphatic carbocycles. The van der Waals surface area contributed by atoms with Gasteiger partial charge in [0.25, 0.3) is 0 Å². The molecule has 2 N–H and O–H groups in total. The van der Waals surface area contributed by atoms with Crippen LogP contribution in [0.3, 0.4) is 0 Å². The molecule has 3 aliphatic heterocycles. The van der Waals surface area contributed by atoms with Gasteiger partial charge in [0.2, 0.25) is 5.91 Å². The SMILES string of the molecule is O=C(O)[C@@H]1[C@H](C(=O)Nc2ccc(N3CCOCC3)c3nonc23)[C@@H]2CC[C@@H]1O2. The van der Waals surface area contributed by atoms with Crippen molar-refractivity contribution in [2.45, 2.75) is 25.0 Å². The summed E-state index contributed by atoms with van der Waals surface area (Å²) in [6, 6.07) is 3.61. The van der Waals surface area contributed by atoms with E-state index in [2.05, 4.69) is 20.5 Å². The number of nitrogens with one attached hydrogen (secondary N) is 1. The van der Waals surface area contributed by atoms with Crippen molar-refractivity contribution in [2.75, 3.05) is 36.5 Å². The average Bonchev–Trinajstić information content (AvgIpc) is 3.44. The minimum atomic E-state index is -0.997. The number of morpholine rings is 1. The van der Waals surface area contributed by atoms with Crippen molar-refractivity contribution < 1.29 is 28.8 Å². The number of rotatable bonds is 4. The van der Waals surface area contributed by atoms with Gasteiger partial charge >= 0.3 is 5.97 Å². The second-order valence-electron chi connectivity index (χ2n) is 7.36. The number of hydrogen-bond donors (Lipinski definition) is 2. The summed E-state index contributed by atoms with van der Waals surface area (Å²) >= 11 is 0. The van der Waals surface area contributed by atoms with Crippen molar-refractivity contribution in [3.8, 4) is 0 Å². The molecule has 1 amide bonds. The third kappa shape index (κ3) is 2.71. The molecule has 0 radical (unpaired) electrons. The highest BCUT2D eigenvalue weighted by Crippen LogP contribution is 2.44. The highest BCUT2D eigenvalue weighted by Gasteiger charge is 2.55. The summed E-state index contributed by atoms with van der Waals surface area (Å²) in [4.78, 5) is 26.7. The second-order valence-corrected chi connectivity index (χ2v) is 7.36. The van der Waals surface area contributed by atoms with Gasteiger partial charge in [0, 0.05) is 13.1 Å². The molecule has 28 heavy (non-hydrogen) atoms. The topological polar surface area (TPSA) is 127 Å². The third-order valence-electron chi connectivity index (χ3n) is 5.86. The van der Waals surface area contributed by atoms with Crippen LogP contribution in [0, 0.1) is 11.8 Å². The van der Waals surface area contributed by atoms with E-state index in [0.29, 0.717) is 42.8 Å². The molecular formula is C18H20N4O6. The van der Waals surface area contributed by atoms with E-state index >= 15 is 0 Å². The van der Waals surface area contributed by atoms with Crippen LogP contribution < -0.4 is 10.2 Å². The maximum atomic E-state index is 12.9. The number of carbonyl (C=O) groups excluding carboxylic acids is 1. The molecule has 1 aromatic heterocycles. The van der Waals surface area contributed by atoms with Gasteiger partial charge in [-0.15, -0.1) is 0 Å². The Morgan fingerprint density at radius 2 is 1.79 bits per heavy atom. The molecule has 0 unspecified atom stereocenters. The molecule has 4 heterocycles. The lowest BCUT2D eigenvalue weighted by atomic mass is 9.78. The molecule has 3 fully saturated rings. The van der Waals surface area contributed by atoms with E-state index in [1.54, 1.807) is 6.07 Å². The Bertz CT molecular complexity index is 924. The van der Waals surface area contributed by atoms with Crippen LogP contribution in [0.1, 0.15) is 12.8 Å². The summed E-state index contributed by atoms with van der Waals surface area (Å²) in [6.45, 7) is 2.73. The fraction of sp³-hybridized carbons (Fsp3) is 0.556. The van der Waals surface area contributed by atoms with Crippen LogP contribution in [0.15, 0.2) is 16.8 Å². The normalized spacial score (nSPS) is 29.4. The summed E-state index contributed by atoms with van der Waals surface area (Å²) in [5.74, 6) is -2.91. The number of hydrogen-bond acceptors (Lipinski definition) is 8. The van der Waals surface area contributed by atoms with E-state index in [1.807, 2.05) is 6.07 Å². The van der Waals surface area contributed by atoms with Gasteiger partial charge in [0.15, 0.2) is 11.0 Å². The Morgan fingerprint density at radius 1 is 1.07 bits per heavy atom. The van der Waals surface area contributed by atoms with E-state index in [-0.39, 0.29) is 12.0 Å². The van der Waals surface area contributed by atoms with E-state index in [0.717, 1.165) is 18.8 Å². The predicted octanol–water partition coefficient (Wildman–Crippen LogP) is 0.876. The van der Waals surface area contributed by atoms with Crippen LogP contribution in [0.4, 0.5) is 11.4 Å². The molecule has 3 saturated heterocycles. The number of aromatic nitrogens is 2. The van der Waals surface area contributed by atoms with Gasteiger partial charge in [0.05, 0.1) is 48.6 Å². The molecule has 0 saturated carbocycles. The van der Waals surface area contributed by atoms with Gasteiger partial charge in [-0.2, -0.15) is 0 Å². The third-order valence-corrected chi connectivity index (χ3v) is 5.86. The Labute approximate surface area is 159 Å². The van der Waals surface area contributed by atoms with Crippen molar-refractivity contribution in [3.63, 3.8) is 0 Å². The molecule has 4 atom stereocenters. The molecular weight excluding hydrogens is 368 g/mol. The number of benzene rings is 1. The number of carbonyl (C=O) groups is 2. The monoisotopic (exact) mass is 388 g/mol. The first-order valence-corrected chi connectivity index (χ1v) is 9.40. The van der Waals surface area contributed by atoms with Crippen molar-refractivity contribution >= 4 is 34.3 Å². The number of carboxylic acids is 1. The van der Waals surface area contributed by atoms with Crippen LogP contribution in [0.5, 0.6) is 0 Å². The van der Waals surface area contributed by atoms with E-state index in [4.69, 9.17) is 14.1 Å². The highest BCUT2D eigenvalue weighted by atomic mass is 16.6. The van der Waals surface area contributed by atoms with Gasteiger partial charge in [-0.1, -0.05) is 0 Å². The zero-order valence-electron chi connectivity index (χ0n) is 15.0. The quantitative estimate of drug-likeness (QED) is 0.784. The Morgan fingerprint density at radius 3 is 2.54 bits per heavy atom. The fourth-order valence-electron chi connectivity index (χ4n) is 4.55. The number of nitrogens with zero attached hydrogens (tertiary/aromatic N) is 3. The minimum absolute atomic E-state index is 0.357. The maximum absolute atomic E-state index is 12.9. The lowest BCUT2D eigenvalue weighted by Gasteiger charge is -2.29. The first kappa shape index (κ1) is 17.4. The smallest absolute Gasteiger partial charge is 0.310 e. The van der Waals surface area contributed by atoms with Gasteiger partial charge in [0.1, 0.15) is 0 Å². The zero-order chi connectivity index (χ0) is 19.3. The molecule has 1 aromatic carbocycles. The Kier molecular flexibility index (Phi) is 4.17. The van der Waals surface area contributed by atoms with Crippen molar-refractivity contribution in [1.29, 1.82) is 0 Å². The van der Waals surface area contributed by atoms with Crippen LogP contribution >= 0.6 is 0 Å². The summed E-state index contributed by atoms with van der Waals surface area (Å²) in [6.07, 6.45) is 0.626. The van der Waals surface area contributed by atoms with E-state index < -0.39 is 23.9 Å². The number of aliphatic carboxylic acids is 1. The van der Waals surface area contributed by atoms with E-state index in [1.165, 1.54) is 0 Å². The van der Waals surface area contributed by atoms with Crippen molar-refractivity contribution in [3.05, 3.63) is 12.1 Å². The largest absolute Gasteiger partial charge is 0.481 e. The number of anilines is 2. The van der Waals surface area contributed by atoms with Gasteiger partial charge in [-0.3, -0.25) is 9.59 Å². The first-order chi connectivity index (χ1) is 13.6. The molecule has 148 valence electrons. The van der Waals surface area contributed by atoms with Crippen LogP contribution in [0.2, 0.25) is 0 Å². The molecule has 2 bridgehead atoms. The van der Waals surface area contributed by atoms with Crippen LogP contribution in [-0.2, 0) is 19.1 Å². The standard InChI is InChI=1S/C18H20N4O6/c23-17(13-11-3-4-12(27-11)14(13)18(24)25)19-9-1-2-10(16-15(9)20-28-21-16)22-5-7-26-8-6-22/h1-2,11-14H,3-8H2,(H,19,23)(H,24,25)/t11-,12-,13+,14-/m0/s1. The summed E-state index contributed by atoms with van der Waals surface area (Å²) in [5, 5.41) is 20.3. The van der Waals surface area contributed by atoms with Gasteiger partial charge in [-0.05, 0) is 35.3 Å². The molecule has 3 aliphatic rings. The molecule has 2 aromatic rings. The molecule has 10 nitrogen and oxygen atoms in total. The lowest BCUT2D eigenvalue weighted by molar-refractivity contribution is -0.147. The summed E-state index contributed by atoms with van der Waals surface area (Å²) < 4.78 is 16.0. The number of amides is 1. The zero-order valence-corrected chi connectivity index (χ0v) is 15.0. The van der Waals surface area contributed by atoms with Crippen LogP contribution in [-0.4, -0.2) is 65.8 Å². The van der Waals surface area contributed by atoms with E-state index in [9.17, 15) is 14.7 Å². The molecule has 10 heteroatoms. The van der Waals surface area contributed by atoms with Gasteiger partial charge < -0.3 is 24.8 Å². The van der Waals surface area contributed by atoms with Gasteiger partial charge in [-0.25, -0.2) is 4.63 Å². The Balaban J connectivity index is 1.42. The number of ether oxygens (including phenoxy) is 2.